The highest BCUT2D eigenvalue weighted by Gasteiger charge is 2.23. The van der Waals surface area contributed by atoms with Crippen LogP contribution in [-0.2, 0) is 17.6 Å². The van der Waals surface area contributed by atoms with Crippen LogP contribution in [0, 0.1) is 5.92 Å². The fourth-order valence-electron chi connectivity index (χ4n) is 2.93. The molecule has 0 saturated carbocycles. The summed E-state index contributed by atoms with van der Waals surface area (Å²) in [5, 5.41) is 3.76. The summed E-state index contributed by atoms with van der Waals surface area (Å²) in [4.78, 5) is 11.0. The van der Waals surface area contributed by atoms with Gasteiger partial charge in [-0.05, 0) is 47.1 Å². The number of halogens is 1. The normalized spacial score (nSPS) is 19.7. The van der Waals surface area contributed by atoms with Gasteiger partial charge in [-0.15, -0.1) is 0 Å². The van der Waals surface area contributed by atoms with E-state index in [-0.39, 0.29) is 5.91 Å². The molecule has 0 spiro atoms. The molecular weight excluding hydrogens is 258 g/mol. The summed E-state index contributed by atoms with van der Waals surface area (Å²) in [5.41, 5.74) is 5.15. The van der Waals surface area contributed by atoms with Crippen molar-refractivity contribution in [1.29, 1.82) is 0 Å². The van der Waals surface area contributed by atoms with Crippen molar-refractivity contribution in [2.45, 2.75) is 19.8 Å². The van der Waals surface area contributed by atoms with Crippen molar-refractivity contribution >= 4 is 23.1 Å². The van der Waals surface area contributed by atoms with Crippen molar-refractivity contribution in [3.05, 3.63) is 52.1 Å². The summed E-state index contributed by atoms with van der Waals surface area (Å²) in [6.45, 7) is 2.26. The van der Waals surface area contributed by atoms with E-state index < -0.39 is 0 Å². The van der Waals surface area contributed by atoms with Crippen LogP contribution in [0.1, 0.15) is 23.6 Å². The Morgan fingerprint density at radius 3 is 3.11 bits per heavy atom. The first-order valence-electron chi connectivity index (χ1n) is 6.58. The van der Waals surface area contributed by atoms with Gasteiger partial charge in [0.2, 0.25) is 5.91 Å². The van der Waals surface area contributed by atoms with Gasteiger partial charge in [0.15, 0.2) is 0 Å². The summed E-state index contributed by atoms with van der Waals surface area (Å²) in [7, 11) is 0. The minimum atomic E-state index is 0.0279. The Labute approximate surface area is 118 Å². The second-order valence-corrected chi connectivity index (χ2v) is 5.60. The zero-order valence-corrected chi connectivity index (χ0v) is 11.6. The molecule has 0 aromatic heterocycles. The molecule has 3 heteroatoms. The molecule has 0 saturated heterocycles. The van der Waals surface area contributed by atoms with Crippen LogP contribution in [0.2, 0.25) is 5.02 Å². The summed E-state index contributed by atoms with van der Waals surface area (Å²) in [6, 6.07) is 4.11. The highest BCUT2D eigenvalue weighted by molar-refractivity contribution is 6.31. The lowest BCUT2D eigenvalue weighted by atomic mass is 9.79. The molecule has 0 heterocycles. The van der Waals surface area contributed by atoms with Gasteiger partial charge < -0.3 is 5.32 Å². The minimum absolute atomic E-state index is 0.0279. The third-order valence-corrected chi connectivity index (χ3v) is 4.11. The Morgan fingerprint density at radius 2 is 2.32 bits per heavy atom. The zero-order valence-electron chi connectivity index (χ0n) is 10.9. The molecular formula is C16H16ClNO. The standard InChI is InChI=1S/C16H16ClNO/c1-10(19)18-9-11-7-12-3-2-4-14-15(17)6-5-13(8-11)16(12)14/h2-3,5-7,11H,4,8-9H2,1H3,(H,18,19). The number of benzene rings is 1. The Hall–Kier alpha value is -1.54. The van der Waals surface area contributed by atoms with Crippen molar-refractivity contribution in [3.8, 4) is 0 Å². The van der Waals surface area contributed by atoms with E-state index in [9.17, 15) is 4.79 Å². The molecule has 1 N–H and O–H groups in total. The van der Waals surface area contributed by atoms with E-state index in [0.29, 0.717) is 12.5 Å². The average molecular weight is 274 g/mol. The first-order chi connectivity index (χ1) is 9.15. The van der Waals surface area contributed by atoms with E-state index in [4.69, 9.17) is 11.6 Å². The maximum Gasteiger partial charge on any atom is 0.216 e. The largest absolute Gasteiger partial charge is 0.356 e. The van der Waals surface area contributed by atoms with Gasteiger partial charge in [0.05, 0.1) is 0 Å². The Balaban J connectivity index is 1.96. The van der Waals surface area contributed by atoms with Crippen molar-refractivity contribution < 1.29 is 4.79 Å². The number of carbonyl (C=O) groups is 1. The summed E-state index contributed by atoms with van der Waals surface area (Å²) < 4.78 is 0. The lowest BCUT2D eigenvalue weighted by Gasteiger charge is -2.27. The molecule has 98 valence electrons. The van der Waals surface area contributed by atoms with Crippen LogP contribution in [0.15, 0.2) is 30.4 Å². The van der Waals surface area contributed by atoms with Gasteiger partial charge >= 0.3 is 0 Å². The fraction of sp³-hybridized carbons (Fsp3) is 0.312. The highest BCUT2D eigenvalue weighted by atomic mass is 35.5. The number of hydrogen-bond acceptors (Lipinski definition) is 1. The van der Waals surface area contributed by atoms with E-state index in [1.807, 2.05) is 6.07 Å². The number of nitrogens with one attached hydrogen (secondary N) is 1. The van der Waals surface area contributed by atoms with Crippen LogP contribution in [0.25, 0.3) is 5.57 Å². The molecule has 1 aromatic rings. The molecule has 1 aromatic carbocycles. The van der Waals surface area contributed by atoms with Crippen LogP contribution >= 0.6 is 11.6 Å². The number of rotatable bonds is 2. The van der Waals surface area contributed by atoms with E-state index in [1.165, 1.54) is 22.3 Å². The van der Waals surface area contributed by atoms with Crippen molar-refractivity contribution in [3.63, 3.8) is 0 Å². The van der Waals surface area contributed by atoms with Crippen LogP contribution in [0.3, 0.4) is 0 Å². The highest BCUT2D eigenvalue weighted by Crippen LogP contribution is 2.38. The topological polar surface area (TPSA) is 29.1 Å². The first kappa shape index (κ1) is 12.5. The Morgan fingerprint density at radius 1 is 1.47 bits per heavy atom. The van der Waals surface area contributed by atoms with E-state index in [0.717, 1.165) is 17.9 Å². The van der Waals surface area contributed by atoms with Gasteiger partial charge in [-0.2, -0.15) is 0 Å². The molecule has 3 rings (SSSR count). The van der Waals surface area contributed by atoms with E-state index in [2.05, 4.69) is 29.6 Å². The third kappa shape index (κ3) is 2.33. The molecule has 0 aliphatic heterocycles. The molecule has 0 bridgehead atoms. The van der Waals surface area contributed by atoms with Crippen molar-refractivity contribution in [2.24, 2.45) is 5.92 Å². The summed E-state index contributed by atoms with van der Waals surface area (Å²) >= 11 is 6.28. The molecule has 1 unspecified atom stereocenters. The maximum atomic E-state index is 11.0. The van der Waals surface area contributed by atoms with Gasteiger partial charge in [0, 0.05) is 18.5 Å². The van der Waals surface area contributed by atoms with Gasteiger partial charge in [0.25, 0.3) is 0 Å². The third-order valence-electron chi connectivity index (χ3n) is 3.76. The van der Waals surface area contributed by atoms with Gasteiger partial charge in [0.1, 0.15) is 0 Å². The molecule has 19 heavy (non-hydrogen) atoms. The van der Waals surface area contributed by atoms with Crippen LogP contribution in [-0.4, -0.2) is 12.5 Å². The smallest absolute Gasteiger partial charge is 0.216 e. The Kier molecular flexibility index (Phi) is 3.19. The molecule has 0 fully saturated rings. The fourth-order valence-corrected chi connectivity index (χ4v) is 3.16. The molecule has 1 atom stereocenters. The lowest BCUT2D eigenvalue weighted by Crippen LogP contribution is -2.29. The van der Waals surface area contributed by atoms with Gasteiger partial charge in [-0.25, -0.2) is 0 Å². The molecule has 2 aliphatic carbocycles. The number of amides is 1. The number of hydrogen-bond donors (Lipinski definition) is 1. The SMILES string of the molecule is CC(=O)NCC1C=C2C=CCc3c(Cl)ccc(c32)C1. The molecule has 2 nitrogen and oxygen atoms in total. The molecule has 1 amide bonds. The average Bonchev–Trinajstić information content (AvgIpc) is 2.40. The van der Waals surface area contributed by atoms with Crippen molar-refractivity contribution in [1.82, 2.24) is 5.32 Å². The predicted molar refractivity (Wildman–Crippen MR) is 78.2 cm³/mol. The molecule has 0 radical (unpaired) electrons. The molecule has 2 aliphatic rings. The van der Waals surface area contributed by atoms with E-state index in [1.54, 1.807) is 6.92 Å². The second-order valence-electron chi connectivity index (χ2n) is 5.19. The van der Waals surface area contributed by atoms with E-state index >= 15 is 0 Å². The summed E-state index contributed by atoms with van der Waals surface area (Å²) in [6.07, 6.45) is 8.47. The first-order valence-corrected chi connectivity index (χ1v) is 6.96. The number of allylic oxidation sites excluding steroid dienone is 3. The number of carbonyl (C=O) groups excluding carboxylic acids is 1. The predicted octanol–water partition coefficient (Wildman–Crippen LogP) is 3.14. The minimum Gasteiger partial charge on any atom is -0.356 e. The maximum absolute atomic E-state index is 11.0. The van der Waals surface area contributed by atoms with Crippen LogP contribution in [0.5, 0.6) is 0 Å². The van der Waals surface area contributed by atoms with Gasteiger partial charge in [-0.1, -0.05) is 35.9 Å². The second kappa shape index (κ2) is 4.86. The Bertz CT molecular complexity index is 601. The van der Waals surface area contributed by atoms with Crippen molar-refractivity contribution in [2.75, 3.05) is 6.54 Å². The lowest BCUT2D eigenvalue weighted by molar-refractivity contribution is -0.119. The zero-order chi connectivity index (χ0) is 13.4. The quantitative estimate of drug-likeness (QED) is 0.881. The monoisotopic (exact) mass is 273 g/mol. The van der Waals surface area contributed by atoms with Gasteiger partial charge in [-0.3, -0.25) is 4.79 Å². The van der Waals surface area contributed by atoms with Crippen LogP contribution in [0.4, 0.5) is 0 Å². The summed E-state index contributed by atoms with van der Waals surface area (Å²) in [5.74, 6) is 0.392. The van der Waals surface area contributed by atoms with Crippen LogP contribution < -0.4 is 5.32 Å².